The maximum absolute atomic E-state index is 13.0. The number of hydrogen-bond donors (Lipinski definition) is 2. The first-order chi connectivity index (χ1) is 15.3. The van der Waals surface area contributed by atoms with Gasteiger partial charge in [0.15, 0.2) is 5.13 Å². The van der Waals surface area contributed by atoms with Gasteiger partial charge in [0.05, 0.1) is 22.2 Å². The summed E-state index contributed by atoms with van der Waals surface area (Å²) in [5.41, 5.74) is 4.98. The fourth-order valence-electron chi connectivity index (χ4n) is 4.13. The Labute approximate surface area is 192 Å². The van der Waals surface area contributed by atoms with Crippen molar-refractivity contribution in [3.63, 3.8) is 0 Å². The van der Waals surface area contributed by atoms with Crippen LogP contribution in [0.25, 0.3) is 21.7 Å². The number of carbonyl (C=O) groups excluding carboxylic acids is 1. The number of aryl methyl sites for hydroxylation is 2. The van der Waals surface area contributed by atoms with Crippen molar-refractivity contribution >= 4 is 22.5 Å². The van der Waals surface area contributed by atoms with Crippen LogP contribution in [-0.4, -0.2) is 46.1 Å². The molecule has 0 saturated carbocycles. The number of rotatable bonds is 3. The molecule has 0 spiro atoms. The van der Waals surface area contributed by atoms with Crippen molar-refractivity contribution in [3.8, 4) is 27.8 Å². The van der Waals surface area contributed by atoms with Gasteiger partial charge in [-0.15, -0.1) is 0 Å². The largest absolute Gasteiger partial charge is 0.323 e. The first kappa shape index (κ1) is 21.9. The van der Waals surface area contributed by atoms with Gasteiger partial charge in [-0.1, -0.05) is 23.5 Å². The molecule has 0 radical (unpaired) electrons. The van der Waals surface area contributed by atoms with E-state index in [0.717, 1.165) is 33.1 Å². The van der Waals surface area contributed by atoms with Crippen LogP contribution in [0.5, 0.6) is 0 Å². The van der Waals surface area contributed by atoms with Crippen LogP contribution in [0.3, 0.4) is 0 Å². The lowest BCUT2D eigenvalue weighted by molar-refractivity contribution is 0.176. The zero-order chi connectivity index (χ0) is 22.8. The average molecular weight is 447 g/mol. The highest BCUT2D eigenvalue weighted by atomic mass is 32.1. The van der Waals surface area contributed by atoms with Crippen LogP contribution in [0.15, 0.2) is 36.4 Å². The summed E-state index contributed by atoms with van der Waals surface area (Å²) in [7, 11) is 0. The molecule has 1 fully saturated rings. The molecule has 164 valence electrons. The molecule has 7 nitrogen and oxygen atoms in total. The third-order valence-electron chi connectivity index (χ3n) is 5.29. The van der Waals surface area contributed by atoms with Crippen LogP contribution < -0.4 is 10.6 Å². The van der Waals surface area contributed by atoms with E-state index in [-0.39, 0.29) is 18.1 Å². The summed E-state index contributed by atoms with van der Waals surface area (Å²) in [6.07, 6.45) is 0. The highest BCUT2D eigenvalue weighted by Gasteiger charge is 2.26. The molecule has 1 aromatic carbocycles. The average Bonchev–Trinajstić information content (AvgIpc) is 3.16. The lowest BCUT2D eigenvalue weighted by atomic mass is 10.0. The van der Waals surface area contributed by atoms with Crippen LogP contribution in [0.2, 0.25) is 0 Å². The normalized spacial score (nSPS) is 18.3. The zero-order valence-electron chi connectivity index (χ0n) is 18.6. The Kier molecular flexibility index (Phi) is 6.21. The minimum atomic E-state index is -0.148. The lowest BCUT2D eigenvalue weighted by Gasteiger charge is -2.35. The van der Waals surface area contributed by atoms with Crippen molar-refractivity contribution in [2.24, 2.45) is 0 Å². The molecule has 1 aliphatic rings. The molecule has 1 saturated heterocycles. The molecule has 1 aliphatic heterocycles. The van der Waals surface area contributed by atoms with Gasteiger partial charge in [-0.05, 0) is 57.5 Å². The molecule has 32 heavy (non-hydrogen) atoms. The van der Waals surface area contributed by atoms with Gasteiger partial charge in [0.25, 0.3) is 0 Å². The number of hydrogen-bond acceptors (Lipinski definition) is 6. The number of aromatic nitrogens is 2. The summed E-state index contributed by atoms with van der Waals surface area (Å²) in [4.78, 5) is 25.0. The van der Waals surface area contributed by atoms with Crippen molar-refractivity contribution < 1.29 is 4.79 Å². The summed E-state index contributed by atoms with van der Waals surface area (Å²) in [5, 5.41) is 16.3. The monoisotopic (exact) mass is 446 g/mol. The fraction of sp³-hybridized carbons (Fsp3) is 0.333. The van der Waals surface area contributed by atoms with E-state index < -0.39 is 0 Å². The maximum atomic E-state index is 13.0. The van der Waals surface area contributed by atoms with Gasteiger partial charge in [0.1, 0.15) is 0 Å². The molecule has 2 atom stereocenters. The lowest BCUT2D eigenvalue weighted by Crippen LogP contribution is -2.56. The second-order valence-electron chi connectivity index (χ2n) is 8.33. The van der Waals surface area contributed by atoms with Crippen molar-refractivity contribution in [2.45, 2.75) is 39.8 Å². The van der Waals surface area contributed by atoms with Crippen molar-refractivity contribution in [1.82, 2.24) is 20.2 Å². The number of nitriles is 1. The van der Waals surface area contributed by atoms with E-state index in [2.05, 4.69) is 35.5 Å². The Hall–Kier alpha value is -3.28. The van der Waals surface area contributed by atoms with Crippen molar-refractivity contribution in [1.29, 1.82) is 5.26 Å². The van der Waals surface area contributed by atoms with E-state index >= 15 is 0 Å². The standard InChI is InChI=1S/C24H26N6OS/c1-14-8-20(9-15(2)26-14)22-21(19-7-5-6-18(10-19)11-25)28-23(32-22)29-24(31)30-12-16(3)27-17(4)13-30/h5-10,16-17,27H,12-13H2,1-4H3,(H,28,29,31)/t16-,17+. The third kappa shape index (κ3) is 4.79. The molecule has 4 rings (SSSR count). The van der Waals surface area contributed by atoms with Gasteiger partial charge in [-0.25, -0.2) is 9.78 Å². The molecular formula is C24H26N6OS. The summed E-state index contributed by atoms with van der Waals surface area (Å²) < 4.78 is 0. The SMILES string of the molecule is Cc1cc(-c2sc(NC(=O)N3C[C@@H](C)N[C@@H](C)C3)nc2-c2cccc(C#N)c2)cc(C)n1. The van der Waals surface area contributed by atoms with Gasteiger partial charge in [-0.2, -0.15) is 5.26 Å². The van der Waals surface area contributed by atoms with E-state index in [1.165, 1.54) is 11.3 Å². The molecule has 3 aromatic rings. The second-order valence-corrected chi connectivity index (χ2v) is 9.33. The molecule has 2 N–H and O–H groups in total. The van der Waals surface area contributed by atoms with Crippen LogP contribution in [0.4, 0.5) is 9.93 Å². The Morgan fingerprint density at radius 2 is 1.81 bits per heavy atom. The first-order valence-corrected chi connectivity index (χ1v) is 11.4. The fourth-order valence-corrected chi connectivity index (χ4v) is 5.09. The molecule has 0 bridgehead atoms. The summed E-state index contributed by atoms with van der Waals surface area (Å²) in [6.45, 7) is 9.37. The van der Waals surface area contributed by atoms with Crippen LogP contribution in [0.1, 0.15) is 30.8 Å². The van der Waals surface area contributed by atoms with Crippen LogP contribution in [0, 0.1) is 25.2 Å². The minimum absolute atomic E-state index is 0.148. The summed E-state index contributed by atoms with van der Waals surface area (Å²) in [5.74, 6) is 0. The number of urea groups is 1. The van der Waals surface area contributed by atoms with Gasteiger partial charge in [0, 0.05) is 42.1 Å². The van der Waals surface area contributed by atoms with Crippen LogP contribution >= 0.6 is 11.3 Å². The smallest absolute Gasteiger partial charge is 0.321 e. The van der Waals surface area contributed by atoms with Crippen molar-refractivity contribution in [2.75, 3.05) is 18.4 Å². The van der Waals surface area contributed by atoms with Gasteiger partial charge in [0.2, 0.25) is 0 Å². The molecule has 8 heteroatoms. The number of benzene rings is 1. The number of anilines is 1. The topological polar surface area (TPSA) is 93.9 Å². The third-order valence-corrected chi connectivity index (χ3v) is 6.31. The molecule has 2 aromatic heterocycles. The van der Waals surface area contributed by atoms with Crippen molar-refractivity contribution in [3.05, 3.63) is 53.3 Å². The molecule has 2 amide bonds. The second kappa shape index (κ2) is 9.07. The Morgan fingerprint density at radius 3 is 2.47 bits per heavy atom. The van der Waals surface area contributed by atoms with Gasteiger partial charge >= 0.3 is 6.03 Å². The van der Waals surface area contributed by atoms with Gasteiger partial charge in [-0.3, -0.25) is 10.3 Å². The zero-order valence-corrected chi connectivity index (χ0v) is 19.5. The highest BCUT2D eigenvalue weighted by Crippen LogP contribution is 2.39. The van der Waals surface area contributed by atoms with E-state index in [1.54, 1.807) is 6.07 Å². The summed E-state index contributed by atoms with van der Waals surface area (Å²) >= 11 is 1.44. The number of thiazole rings is 1. The summed E-state index contributed by atoms with van der Waals surface area (Å²) in [6, 6.07) is 13.9. The van der Waals surface area contributed by atoms with E-state index in [9.17, 15) is 10.1 Å². The molecule has 0 unspecified atom stereocenters. The highest BCUT2D eigenvalue weighted by molar-refractivity contribution is 7.19. The Morgan fingerprint density at radius 1 is 1.12 bits per heavy atom. The van der Waals surface area contributed by atoms with E-state index in [0.29, 0.717) is 23.8 Å². The maximum Gasteiger partial charge on any atom is 0.323 e. The number of amides is 2. The Bertz CT molecular complexity index is 1170. The number of piperazine rings is 1. The number of carbonyl (C=O) groups is 1. The predicted octanol–water partition coefficient (Wildman–Crippen LogP) is 4.57. The minimum Gasteiger partial charge on any atom is -0.321 e. The molecule has 0 aliphatic carbocycles. The quantitative estimate of drug-likeness (QED) is 0.614. The van der Waals surface area contributed by atoms with Gasteiger partial charge < -0.3 is 10.2 Å². The Balaban J connectivity index is 1.72. The predicted molar refractivity (Wildman–Crippen MR) is 128 cm³/mol. The number of nitrogens with zero attached hydrogens (tertiary/aromatic N) is 4. The number of nitrogens with one attached hydrogen (secondary N) is 2. The number of pyridine rings is 1. The molecular weight excluding hydrogens is 420 g/mol. The van der Waals surface area contributed by atoms with Crippen LogP contribution in [-0.2, 0) is 0 Å². The van der Waals surface area contributed by atoms with E-state index in [1.807, 2.05) is 49.1 Å². The van der Waals surface area contributed by atoms with E-state index in [4.69, 9.17) is 4.98 Å². The molecule has 3 heterocycles. The first-order valence-electron chi connectivity index (χ1n) is 10.6.